The van der Waals surface area contributed by atoms with Gasteiger partial charge >= 0.3 is 24.8 Å². The molecule has 1 heterocycles. The van der Waals surface area contributed by atoms with Crippen LogP contribution in [0.5, 0.6) is 0 Å². The van der Waals surface area contributed by atoms with Crippen LogP contribution in [0.1, 0.15) is 23.2 Å². The monoisotopic (exact) mass is 524 g/mol. The zero-order chi connectivity index (χ0) is 25.3. The molecule has 0 bridgehead atoms. The number of imidazole rings is 1. The van der Waals surface area contributed by atoms with Gasteiger partial charge in [-0.1, -0.05) is 30.3 Å². The van der Waals surface area contributed by atoms with Crippen molar-refractivity contribution >= 4 is 52.5 Å². The third kappa shape index (κ3) is 8.25. The molecule has 0 unspecified atom stereocenters. The summed E-state index contributed by atoms with van der Waals surface area (Å²) in [6, 6.07) is 12.1. The van der Waals surface area contributed by atoms with Gasteiger partial charge in [0.25, 0.3) is 5.91 Å². The molecular formula is C24H29LiN4O5S2. The van der Waals surface area contributed by atoms with Crippen LogP contribution in [0, 0.1) is 0 Å². The number of benzene rings is 2. The second-order valence-electron chi connectivity index (χ2n) is 7.77. The van der Waals surface area contributed by atoms with Crippen LogP contribution in [0.15, 0.2) is 72.1 Å². The number of amides is 1. The molecule has 2 aromatic carbocycles. The van der Waals surface area contributed by atoms with Crippen molar-refractivity contribution in [2.24, 2.45) is 0 Å². The van der Waals surface area contributed by atoms with Crippen molar-refractivity contribution in [2.45, 2.75) is 30.3 Å². The maximum absolute atomic E-state index is 13.0. The van der Waals surface area contributed by atoms with Crippen LogP contribution in [0.2, 0.25) is 0 Å². The van der Waals surface area contributed by atoms with E-state index in [-0.39, 0.29) is 42.3 Å². The SMILES string of the molecule is CSCC[C@H](NC(=O)c1ccc(S(=O)(=O)NCCCn2ccnc2)cc1-c1ccccc1)C(=O)O.[LiH]. The zero-order valence-corrected chi connectivity index (χ0v) is 20.9. The van der Waals surface area contributed by atoms with E-state index in [0.29, 0.717) is 29.8 Å². The summed E-state index contributed by atoms with van der Waals surface area (Å²) in [6.07, 6.45) is 7.85. The number of thioether (sulfide) groups is 1. The van der Waals surface area contributed by atoms with E-state index in [4.69, 9.17) is 0 Å². The van der Waals surface area contributed by atoms with Crippen molar-refractivity contribution in [3.8, 4) is 11.1 Å². The molecule has 1 aromatic heterocycles. The summed E-state index contributed by atoms with van der Waals surface area (Å²) in [5.41, 5.74) is 1.25. The molecule has 0 saturated heterocycles. The predicted octanol–water partition coefficient (Wildman–Crippen LogP) is 2.21. The fraction of sp³-hybridized carbons (Fsp3) is 0.292. The van der Waals surface area contributed by atoms with Crippen molar-refractivity contribution in [3.63, 3.8) is 0 Å². The number of carboxylic acids is 1. The van der Waals surface area contributed by atoms with E-state index in [2.05, 4.69) is 15.0 Å². The summed E-state index contributed by atoms with van der Waals surface area (Å²) in [6.45, 7) is 0.858. The summed E-state index contributed by atoms with van der Waals surface area (Å²) in [5.74, 6) is -1.12. The number of nitrogens with zero attached hydrogens (tertiary/aromatic N) is 2. The van der Waals surface area contributed by atoms with Crippen molar-refractivity contribution < 1.29 is 23.1 Å². The van der Waals surface area contributed by atoms with Crippen LogP contribution < -0.4 is 10.0 Å². The molecule has 0 saturated carbocycles. The van der Waals surface area contributed by atoms with Gasteiger partial charge in [0, 0.05) is 31.0 Å². The van der Waals surface area contributed by atoms with Crippen LogP contribution in [0.25, 0.3) is 11.1 Å². The van der Waals surface area contributed by atoms with Crippen molar-refractivity contribution in [3.05, 3.63) is 72.8 Å². The van der Waals surface area contributed by atoms with Gasteiger partial charge < -0.3 is 15.0 Å². The number of carboxylic acid groups (broad SMARTS) is 1. The summed E-state index contributed by atoms with van der Waals surface area (Å²) < 4.78 is 30.3. The Kier molecular flexibility index (Phi) is 11.7. The van der Waals surface area contributed by atoms with E-state index in [1.54, 1.807) is 43.0 Å². The molecule has 0 aliphatic heterocycles. The number of carbonyl (C=O) groups is 2. The molecule has 0 radical (unpaired) electrons. The molecule has 3 rings (SSSR count). The number of hydrogen-bond donors (Lipinski definition) is 3. The molecule has 0 spiro atoms. The average molecular weight is 525 g/mol. The van der Waals surface area contributed by atoms with E-state index in [1.165, 1.54) is 30.0 Å². The van der Waals surface area contributed by atoms with Gasteiger partial charge in [-0.2, -0.15) is 11.8 Å². The minimum atomic E-state index is -3.83. The molecule has 3 aromatic rings. The van der Waals surface area contributed by atoms with E-state index >= 15 is 0 Å². The van der Waals surface area contributed by atoms with Crippen LogP contribution in [-0.2, 0) is 21.4 Å². The number of nitrogens with one attached hydrogen (secondary N) is 2. The number of carbonyl (C=O) groups excluding carboxylic acids is 1. The number of rotatable bonds is 13. The van der Waals surface area contributed by atoms with E-state index in [0.717, 1.165) is 0 Å². The third-order valence-electron chi connectivity index (χ3n) is 5.29. The Labute approximate surface area is 227 Å². The summed E-state index contributed by atoms with van der Waals surface area (Å²) >= 11 is 1.49. The Morgan fingerprint density at radius 1 is 1.17 bits per heavy atom. The molecule has 0 aliphatic carbocycles. The van der Waals surface area contributed by atoms with Crippen LogP contribution in [-0.4, -0.2) is 78.4 Å². The second kappa shape index (κ2) is 14.3. The number of aliphatic carboxylic acids is 1. The van der Waals surface area contributed by atoms with Gasteiger partial charge in [0.15, 0.2) is 0 Å². The topological polar surface area (TPSA) is 130 Å². The van der Waals surface area contributed by atoms with Crippen molar-refractivity contribution in [1.82, 2.24) is 19.6 Å². The first-order valence-corrected chi connectivity index (χ1v) is 13.9. The van der Waals surface area contributed by atoms with Gasteiger partial charge in [-0.3, -0.25) is 4.79 Å². The number of hydrogen-bond acceptors (Lipinski definition) is 6. The van der Waals surface area contributed by atoms with E-state index < -0.39 is 27.9 Å². The van der Waals surface area contributed by atoms with Crippen LogP contribution in [0.4, 0.5) is 0 Å². The molecular weight excluding hydrogens is 495 g/mol. The fourth-order valence-electron chi connectivity index (χ4n) is 3.44. The van der Waals surface area contributed by atoms with E-state index in [1.807, 2.05) is 16.9 Å². The zero-order valence-electron chi connectivity index (χ0n) is 19.3. The molecule has 12 heteroatoms. The summed E-state index contributed by atoms with van der Waals surface area (Å²) in [4.78, 5) is 28.6. The summed E-state index contributed by atoms with van der Waals surface area (Å²) in [5, 5.41) is 12.0. The Morgan fingerprint density at radius 2 is 1.92 bits per heavy atom. The first-order valence-electron chi connectivity index (χ1n) is 11.0. The normalized spacial score (nSPS) is 11.9. The third-order valence-corrected chi connectivity index (χ3v) is 7.39. The number of aromatic nitrogens is 2. The minimum absolute atomic E-state index is 0. The number of aryl methyl sites for hydroxylation is 1. The fourth-order valence-corrected chi connectivity index (χ4v) is 5.02. The molecule has 9 nitrogen and oxygen atoms in total. The summed E-state index contributed by atoms with van der Waals surface area (Å²) in [7, 11) is -3.83. The average Bonchev–Trinajstić information content (AvgIpc) is 3.38. The first-order chi connectivity index (χ1) is 16.8. The molecule has 188 valence electrons. The second-order valence-corrected chi connectivity index (χ2v) is 10.5. The molecule has 1 atom stereocenters. The standard InChI is InChI=1S/C24H28N4O5S2.Li.H/c1-34-15-10-22(24(30)31)27-23(29)20-9-8-19(16-21(20)18-6-3-2-4-7-18)35(32,33)26-11-5-13-28-14-12-25-17-28;;/h2-4,6-9,12,14,16-17,22,26H,5,10-11,13,15H2,1H3,(H,27,29)(H,30,31);;/t22-;;/m0../s1. The van der Waals surface area contributed by atoms with Gasteiger partial charge in [0.1, 0.15) is 6.04 Å². The molecule has 0 fully saturated rings. The van der Waals surface area contributed by atoms with Crippen LogP contribution >= 0.6 is 11.8 Å². The van der Waals surface area contributed by atoms with Gasteiger partial charge in [0.05, 0.1) is 11.2 Å². The van der Waals surface area contributed by atoms with Crippen molar-refractivity contribution in [2.75, 3.05) is 18.6 Å². The van der Waals surface area contributed by atoms with Crippen molar-refractivity contribution in [1.29, 1.82) is 0 Å². The van der Waals surface area contributed by atoms with Crippen LogP contribution in [0.3, 0.4) is 0 Å². The molecule has 36 heavy (non-hydrogen) atoms. The molecule has 1 amide bonds. The number of sulfonamides is 1. The Bertz CT molecular complexity index is 1240. The van der Waals surface area contributed by atoms with Gasteiger partial charge in [-0.25, -0.2) is 22.9 Å². The Morgan fingerprint density at radius 3 is 2.56 bits per heavy atom. The van der Waals surface area contributed by atoms with Gasteiger partial charge in [-0.05, 0) is 54.2 Å². The first kappa shape index (κ1) is 29.7. The van der Waals surface area contributed by atoms with Gasteiger partial charge in [0.2, 0.25) is 10.0 Å². The Hall–Kier alpha value is -2.55. The van der Waals surface area contributed by atoms with E-state index in [9.17, 15) is 23.1 Å². The predicted molar refractivity (Wildman–Crippen MR) is 143 cm³/mol. The van der Waals surface area contributed by atoms with Gasteiger partial charge in [-0.15, -0.1) is 0 Å². The Balaban J connectivity index is 0.00000456. The maximum atomic E-state index is 13.0. The molecule has 0 aliphatic rings. The quantitative estimate of drug-likeness (QED) is 0.231. The molecule has 3 N–H and O–H groups in total.